The van der Waals surface area contributed by atoms with Gasteiger partial charge in [0.05, 0.1) is 17.1 Å². The van der Waals surface area contributed by atoms with Gasteiger partial charge in [0, 0.05) is 11.4 Å². The fraction of sp³-hybridized carbons (Fsp3) is 0.214. The topological polar surface area (TPSA) is 80.9 Å². The number of hydrogen-bond donors (Lipinski definition) is 2. The van der Waals surface area contributed by atoms with Gasteiger partial charge in [-0.2, -0.15) is 0 Å². The average molecular weight is 306 g/mol. The van der Waals surface area contributed by atoms with Crippen molar-refractivity contribution in [3.8, 4) is 0 Å². The third-order valence-corrected chi connectivity index (χ3v) is 3.43. The van der Waals surface area contributed by atoms with Gasteiger partial charge in [-0.1, -0.05) is 11.8 Å². The van der Waals surface area contributed by atoms with Gasteiger partial charge in [0.1, 0.15) is 5.82 Å². The number of aryl methyl sites for hydroxylation is 2. The van der Waals surface area contributed by atoms with Gasteiger partial charge in [0.2, 0.25) is 5.91 Å². The van der Waals surface area contributed by atoms with Crippen LogP contribution in [0.5, 0.6) is 0 Å². The number of nitrogens with two attached hydrogens (primary N) is 1. The molecule has 0 aliphatic carbocycles. The van der Waals surface area contributed by atoms with Crippen LogP contribution in [0.2, 0.25) is 0 Å². The van der Waals surface area contributed by atoms with Crippen LogP contribution in [0, 0.1) is 19.7 Å². The van der Waals surface area contributed by atoms with E-state index >= 15 is 0 Å². The van der Waals surface area contributed by atoms with E-state index in [9.17, 15) is 9.18 Å². The highest BCUT2D eigenvalue weighted by molar-refractivity contribution is 7.99. The molecule has 21 heavy (non-hydrogen) atoms. The molecule has 0 bridgehead atoms. The van der Waals surface area contributed by atoms with E-state index in [1.807, 2.05) is 19.9 Å². The monoisotopic (exact) mass is 306 g/mol. The van der Waals surface area contributed by atoms with Crippen molar-refractivity contribution in [3.63, 3.8) is 0 Å². The van der Waals surface area contributed by atoms with E-state index in [4.69, 9.17) is 5.73 Å². The van der Waals surface area contributed by atoms with Gasteiger partial charge < -0.3 is 11.1 Å². The van der Waals surface area contributed by atoms with Crippen LogP contribution >= 0.6 is 11.8 Å². The Morgan fingerprint density at radius 1 is 1.29 bits per heavy atom. The summed E-state index contributed by atoms with van der Waals surface area (Å²) in [6.07, 6.45) is 0. The van der Waals surface area contributed by atoms with E-state index in [0.29, 0.717) is 10.8 Å². The molecule has 1 aromatic heterocycles. The first kappa shape index (κ1) is 15.2. The number of carbonyl (C=O) groups excluding carboxylic acids is 1. The predicted molar refractivity (Wildman–Crippen MR) is 81.7 cm³/mol. The summed E-state index contributed by atoms with van der Waals surface area (Å²) in [5.74, 6) is -0.538. The van der Waals surface area contributed by atoms with Crippen LogP contribution in [0.4, 0.5) is 15.8 Å². The molecule has 0 saturated carbocycles. The highest BCUT2D eigenvalue weighted by Crippen LogP contribution is 2.20. The molecule has 0 aliphatic rings. The molecule has 2 aromatic rings. The van der Waals surface area contributed by atoms with Gasteiger partial charge in [0.15, 0.2) is 5.16 Å². The lowest BCUT2D eigenvalue weighted by atomic mass is 10.2. The smallest absolute Gasteiger partial charge is 0.234 e. The SMILES string of the molecule is Cc1cc(C)nc(SCC(=O)Nc2ccc(F)cc2N)n1. The van der Waals surface area contributed by atoms with Gasteiger partial charge in [0.25, 0.3) is 0 Å². The molecular formula is C14H15FN4OS. The van der Waals surface area contributed by atoms with Crippen molar-refractivity contribution >= 4 is 29.0 Å². The van der Waals surface area contributed by atoms with E-state index in [2.05, 4.69) is 15.3 Å². The van der Waals surface area contributed by atoms with E-state index in [0.717, 1.165) is 17.5 Å². The summed E-state index contributed by atoms with van der Waals surface area (Å²) in [5.41, 5.74) is 7.92. The summed E-state index contributed by atoms with van der Waals surface area (Å²) in [6, 6.07) is 5.70. The number of nitrogens with one attached hydrogen (secondary N) is 1. The molecule has 2 rings (SSSR count). The number of nitrogens with zero attached hydrogens (tertiary/aromatic N) is 2. The van der Waals surface area contributed by atoms with Crippen molar-refractivity contribution in [2.75, 3.05) is 16.8 Å². The van der Waals surface area contributed by atoms with Crippen LogP contribution in [0.1, 0.15) is 11.4 Å². The number of benzene rings is 1. The molecule has 110 valence electrons. The zero-order chi connectivity index (χ0) is 15.4. The van der Waals surface area contributed by atoms with Crippen molar-refractivity contribution in [3.05, 3.63) is 41.5 Å². The van der Waals surface area contributed by atoms with Crippen LogP contribution in [-0.4, -0.2) is 21.6 Å². The van der Waals surface area contributed by atoms with Crippen LogP contribution in [-0.2, 0) is 4.79 Å². The molecular weight excluding hydrogens is 291 g/mol. The molecule has 3 N–H and O–H groups in total. The number of thioether (sulfide) groups is 1. The number of anilines is 2. The average Bonchev–Trinajstić information content (AvgIpc) is 2.39. The standard InChI is InChI=1S/C14H15FN4OS/c1-8-5-9(2)18-14(17-8)21-7-13(20)19-12-4-3-10(15)6-11(12)16/h3-6H,7,16H2,1-2H3,(H,19,20). The number of carbonyl (C=O) groups is 1. The van der Waals surface area contributed by atoms with E-state index in [1.165, 1.54) is 23.9 Å². The second-order valence-electron chi connectivity index (χ2n) is 4.50. The first-order valence-electron chi connectivity index (χ1n) is 6.24. The molecule has 0 unspecified atom stereocenters. The minimum atomic E-state index is -0.441. The normalized spacial score (nSPS) is 10.4. The fourth-order valence-corrected chi connectivity index (χ4v) is 2.47. The lowest BCUT2D eigenvalue weighted by Gasteiger charge is -2.08. The van der Waals surface area contributed by atoms with Crippen molar-refractivity contribution in [2.45, 2.75) is 19.0 Å². The molecule has 0 saturated heterocycles. The maximum atomic E-state index is 12.9. The number of amides is 1. The highest BCUT2D eigenvalue weighted by atomic mass is 32.2. The van der Waals surface area contributed by atoms with Crippen molar-refractivity contribution in [1.82, 2.24) is 9.97 Å². The zero-order valence-electron chi connectivity index (χ0n) is 11.7. The molecule has 0 spiro atoms. The Bertz CT molecular complexity index is 658. The van der Waals surface area contributed by atoms with Crippen LogP contribution < -0.4 is 11.1 Å². The molecule has 0 atom stereocenters. The lowest BCUT2D eigenvalue weighted by molar-refractivity contribution is -0.113. The van der Waals surface area contributed by atoms with Gasteiger partial charge >= 0.3 is 0 Å². The highest BCUT2D eigenvalue weighted by Gasteiger charge is 2.08. The second-order valence-corrected chi connectivity index (χ2v) is 5.44. The Morgan fingerprint density at radius 2 is 1.95 bits per heavy atom. The second kappa shape index (κ2) is 6.53. The number of hydrogen-bond acceptors (Lipinski definition) is 5. The zero-order valence-corrected chi connectivity index (χ0v) is 12.5. The number of halogens is 1. The largest absolute Gasteiger partial charge is 0.397 e. The maximum Gasteiger partial charge on any atom is 0.234 e. The van der Waals surface area contributed by atoms with Crippen LogP contribution in [0.15, 0.2) is 29.4 Å². The Hall–Kier alpha value is -2.15. The molecule has 0 radical (unpaired) electrons. The van der Waals surface area contributed by atoms with Gasteiger partial charge in [-0.15, -0.1) is 0 Å². The number of aromatic nitrogens is 2. The third-order valence-electron chi connectivity index (χ3n) is 2.58. The van der Waals surface area contributed by atoms with Crippen molar-refractivity contribution in [2.24, 2.45) is 0 Å². The first-order chi connectivity index (χ1) is 9.94. The molecule has 1 amide bonds. The molecule has 5 nitrogen and oxygen atoms in total. The fourth-order valence-electron chi connectivity index (χ4n) is 1.72. The molecule has 1 aromatic carbocycles. The van der Waals surface area contributed by atoms with Crippen LogP contribution in [0.3, 0.4) is 0 Å². The Labute approximate surface area is 126 Å². The minimum absolute atomic E-state index is 0.152. The third kappa shape index (κ3) is 4.42. The summed E-state index contributed by atoms with van der Waals surface area (Å²) in [7, 11) is 0. The van der Waals surface area contributed by atoms with Crippen molar-refractivity contribution < 1.29 is 9.18 Å². The quantitative estimate of drug-likeness (QED) is 0.515. The summed E-state index contributed by atoms with van der Waals surface area (Å²) in [4.78, 5) is 20.3. The Kier molecular flexibility index (Phi) is 4.74. The maximum absolute atomic E-state index is 12.9. The summed E-state index contributed by atoms with van der Waals surface area (Å²) in [5, 5.41) is 3.18. The van der Waals surface area contributed by atoms with E-state index in [-0.39, 0.29) is 17.3 Å². The minimum Gasteiger partial charge on any atom is -0.397 e. The first-order valence-corrected chi connectivity index (χ1v) is 7.22. The molecule has 1 heterocycles. The van der Waals surface area contributed by atoms with E-state index in [1.54, 1.807) is 0 Å². The summed E-state index contributed by atoms with van der Waals surface area (Å²) in [6.45, 7) is 3.75. The molecule has 0 aliphatic heterocycles. The lowest BCUT2D eigenvalue weighted by Crippen LogP contribution is -2.15. The predicted octanol–water partition coefficient (Wildman–Crippen LogP) is 2.55. The summed E-state index contributed by atoms with van der Waals surface area (Å²) >= 11 is 1.24. The summed E-state index contributed by atoms with van der Waals surface area (Å²) < 4.78 is 12.9. The number of nitrogen functional groups attached to an aromatic ring is 1. The van der Waals surface area contributed by atoms with Gasteiger partial charge in [-0.25, -0.2) is 14.4 Å². The molecule has 7 heteroatoms. The Morgan fingerprint density at radius 3 is 2.57 bits per heavy atom. The van der Waals surface area contributed by atoms with Gasteiger partial charge in [-0.3, -0.25) is 4.79 Å². The Balaban J connectivity index is 1.95. The van der Waals surface area contributed by atoms with Crippen LogP contribution in [0.25, 0.3) is 0 Å². The molecule has 0 fully saturated rings. The van der Waals surface area contributed by atoms with Gasteiger partial charge in [-0.05, 0) is 38.1 Å². The van der Waals surface area contributed by atoms with Crippen molar-refractivity contribution in [1.29, 1.82) is 0 Å². The van der Waals surface area contributed by atoms with E-state index < -0.39 is 5.82 Å². The number of rotatable bonds is 4.